The van der Waals surface area contributed by atoms with Crippen molar-refractivity contribution in [2.45, 2.75) is 78.4 Å². The third kappa shape index (κ3) is 2.31. The average Bonchev–Trinajstić information content (AvgIpc) is 3.08. The number of rotatable bonds is 1. The molecule has 3 aliphatic rings. The number of esters is 1. The minimum absolute atomic E-state index is 0.0489. The molecule has 2 fully saturated rings. The fourth-order valence-electron chi connectivity index (χ4n) is 7.97. The Morgan fingerprint density at radius 3 is 2.61 bits per heavy atom. The summed E-state index contributed by atoms with van der Waals surface area (Å²) in [6.45, 7) is 11.4. The fourth-order valence-corrected chi connectivity index (χ4v) is 7.97. The smallest absolute Gasteiger partial charge is 0.302 e. The molecule has 2 heterocycles. The second-order valence-electron chi connectivity index (χ2n) is 10.9. The number of aromatic nitrogens is 1. The van der Waals surface area contributed by atoms with Gasteiger partial charge < -0.3 is 9.30 Å². The van der Waals surface area contributed by atoms with Crippen LogP contribution in [0.25, 0.3) is 10.9 Å². The van der Waals surface area contributed by atoms with Crippen molar-refractivity contribution in [3.63, 3.8) is 0 Å². The van der Waals surface area contributed by atoms with Gasteiger partial charge in [0.15, 0.2) is 0 Å². The third-order valence-electron chi connectivity index (χ3n) is 8.69. The van der Waals surface area contributed by atoms with Crippen LogP contribution in [0.5, 0.6) is 0 Å². The highest BCUT2D eigenvalue weighted by Crippen LogP contribution is 2.66. The molecular formula is C25H33NO2. The number of carbonyl (C=O) groups excluding carboxylic acids is 1. The SMILES string of the molecule is CC(=O)O[C@H]1CC(C)(C)[C@H]2CC[C@@]3(C)[C@@H](Cc4cc5ccccc5n43)[C@]2(C)C1. The lowest BCUT2D eigenvalue weighted by Crippen LogP contribution is -2.59. The second kappa shape index (κ2) is 5.64. The molecule has 3 heteroatoms. The van der Waals surface area contributed by atoms with Gasteiger partial charge in [0.1, 0.15) is 6.10 Å². The first kappa shape index (κ1) is 18.3. The summed E-state index contributed by atoms with van der Waals surface area (Å²) in [6.07, 6.45) is 5.68. The number of fused-ring (bicyclic) bond motifs is 7. The lowest BCUT2D eigenvalue weighted by molar-refractivity contribution is -0.174. The number of carbonyl (C=O) groups is 1. The molecule has 2 aliphatic carbocycles. The number of hydrogen-bond donors (Lipinski definition) is 0. The van der Waals surface area contributed by atoms with Crippen molar-refractivity contribution in [2.24, 2.45) is 22.7 Å². The molecule has 1 aliphatic heterocycles. The van der Waals surface area contributed by atoms with E-state index < -0.39 is 0 Å². The largest absolute Gasteiger partial charge is 0.463 e. The summed E-state index contributed by atoms with van der Waals surface area (Å²) in [5, 5.41) is 1.37. The van der Waals surface area contributed by atoms with E-state index in [4.69, 9.17) is 4.74 Å². The number of hydrogen-bond acceptors (Lipinski definition) is 2. The van der Waals surface area contributed by atoms with Crippen LogP contribution in [0.1, 0.15) is 66.0 Å². The Morgan fingerprint density at radius 2 is 1.86 bits per heavy atom. The van der Waals surface area contributed by atoms with Crippen molar-refractivity contribution in [1.82, 2.24) is 4.57 Å². The first-order chi connectivity index (χ1) is 13.1. The van der Waals surface area contributed by atoms with Gasteiger partial charge in [0, 0.05) is 23.7 Å². The van der Waals surface area contributed by atoms with Gasteiger partial charge in [-0.2, -0.15) is 0 Å². The Kier molecular flexibility index (Phi) is 3.68. The molecule has 3 nitrogen and oxygen atoms in total. The van der Waals surface area contributed by atoms with Gasteiger partial charge in [-0.15, -0.1) is 0 Å². The number of nitrogens with zero attached hydrogens (tertiary/aromatic N) is 1. The first-order valence-corrected chi connectivity index (χ1v) is 10.9. The summed E-state index contributed by atoms with van der Waals surface area (Å²) in [7, 11) is 0. The van der Waals surface area contributed by atoms with Crippen LogP contribution in [0.2, 0.25) is 0 Å². The van der Waals surface area contributed by atoms with E-state index in [1.165, 1.54) is 29.4 Å². The Bertz CT molecular complexity index is 957. The third-order valence-corrected chi connectivity index (χ3v) is 8.69. The van der Waals surface area contributed by atoms with Crippen molar-refractivity contribution >= 4 is 16.9 Å². The second-order valence-corrected chi connectivity index (χ2v) is 10.9. The predicted octanol–water partition coefficient (Wildman–Crippen LogP) is 5.70. The van der Waals surface area contributed by atoms with Crippen molar-refractivity contribution < 1.29 is 9.53 Å². The minimum atomic E-state index is -0.134. The van der Waals surface area contributed by atoms with E-state index in [1.807, 2.05) is 0 Å². The average molecular weight is 380 g/mol. The molecule has 1 aromatic carbocycles. The Hall–Kier alpha value is -1.77. The maximum absolute atomic E-state index is 11.7. The van der Waals surface area contributed by atoms with Gasteiger partial charge in [0.25, 0.3) is 0 Å². The number of para-hydroxylation sites is 1. The summed E-state index contributed by atoms with van der Waals surface area (Å²) in [5.41, 5.74) is 3.42. The standard InChI is InChI=1S/C25H33NO2/c1-16(27)28-19-14-23(2,3)21-10-11-25(5)22(24(21,4)15-19)13-18-12-17-8-6-7-9-20(17)26(18)25/h6-9,12,19,21-22H,10-11,13-15H2,1-5H3/t19-,21+,22-,24+,25-/m0/s1. The van der Waals surface area contributed by atoms with E-state index in [1.54, 1.807) is 6.92 Å². The summed E-state index contributed by atoms with van der Waals surface area (Å²) < 4.78 is 8.47. The maximum Gasteiger partial charge on any atom is 0.302 e. The molecule has 2 aromatic rings. The molecular weight excluding hydrogens is 346 g/mol. The number of benzene rings is 1. The van der Waals surface area contributed by atoms with E-state index in [0.29, 0.717) is 11.8 Å². The highest BCUT2D eigenvalue weighted by molar-refractivity contribution is 5.82. The lowest BCUT2D eigenvalue weighted by Gasteiger charge is -2.62. The fraction of sp³-hybridized carbons (Fsp3) is 0.640. The van der Waals surface area contributed by atoms with Crippen LogP contribution in [-0.4, -0.2) is 16.6 Å². The van der Waals surface area contributed by atoms with Crippen LogP contribution in [0.15, 0.2) is 30.3 Å². The van der Waals surface area contributed by atoms with Crippen LogP contribution in [-0.2, 0) is 21.5 Å². The molecule has 0 unspecified atom stereocenters. The quantitative estimate of drug-likeness (QED) is 0.595. The van der Waals surface area contributed by atoms with Crippen LogP contribution >= 0.6 is 0 Å². The Labute approximate surface area is 168 Å². The van der Waals surface area contributed by atoms with Gasteiger partial charge in [-0.1, -0.05) is 39.0 Å². The van der Waals surface area contributed by atoms with Crippen LogP contribution < -0.4 is 0 Å². The zero-order valence-electron chi connectivity index (χ0n) is 17.9. The number of ether oxygens (including phenoxy) is 1. The van der Waals surface area contributed by atoms with E-state index >= 15 is 0 Å². The zero-order chi connectivity index (χ0) is 19.9. The van der Waals surface area contributed by atoms with E-state index in [2.05, 4.69) is 62.6 Å². The zero-order valence-corrected chi connectivity index (χ0v) is 17.9. The molecule has 5 atom stereocenters. The van der Waals surface area contributed by atoms with Crippen molar-refractivity contribution in [3.8, 4) is 0 Å². The molecule has 1 aromatic heterocycles. The topological polar surface area (TPSA) is 31.2 Å². The molecule has 0 amide bonds. The molecule has 0 bridgehead atoms. The summed E-state index contributed by atoms with van der Waals surface area (Å²) in [6, 6.07) is 11.2. The van der Waals surface area contributed by atoms with Crippen LogP contribution in [0.3, 0.4) is 0 Å². The van der Waals surface area contributed by atoms with Gasteiger partial charge in [-0.05, 0) is 79.2 Å². The summed E-state index contributed by atoms with van der Waals surface area (Å²) in [4.78, 5) is 11.7. The molecule has 5 rings (SSSR count). The highest BCUT2D eigenvalue weighted by Gasteiger charge is 2.63. The minimum Gasteiger partial charge on any atom is -0.463 e. The van der Waals surface area contributed by atoms with Crippen LogP contribution in [0.4, 0.5) is 0 Å². The van der Waals surface area contributed by atoms with E-state index in [0.717, 1.165) is 19.3 Å². The van der Waals surface area contributed by atoms with Gasteiger partial charge >= 0.3 is 5.97 Å². The van der Waals surface area contributed by atoms with Crippen molar-refractivity contribution in [1.29, 1.82) is 0 Å². The predicted molar refractivity (Wildman–Crippen MR) is 112 cm³/mol. The maximum atomic E-state index is 11.7. The first-order valence-electron chi connectivity index (χ1n) is 10.9. The van der Waals surface area contributed by atoms with E-state index in [9.17, 15) is 4.79 Å². The van der Waals surface area contributed by atoms with E-state index in [-0.39, 0.29) is 28.4 Å². The van der Waals surface area contributed by atoms with Gasteiger partial charge in [-0.25, -0.2) is 0 Å². The highest BCUT2D eigenvalue weighted by atomic mass is 16.5. The lowest BCUT2D eigenvalue weighted by atomic mass is 9.44. The van der Waals surface area contributed by atoms with Crippen molar-refractivity contribution in [2.75, 3.05) is 0 Å². The summed E-state index contributed by atoms with van der Waals surface area (Å²) >= 11 is 0. The molecule has 0 N–H and O–H groups in total. The van der Waals surface area contributed by atoms with Gasteiger partial charge in [0.2, 0.25) is 0 Å². The normalized spacial score (nSPS) is 38.5. The van der Waals surface area contributed by atoms with Gasteiger partial charge in [-0.3, -0.25) is 4.79 Å². The molecule has 150 valence electrons. The van der Waals surface area contributed by atoms with Crippen LogP contribution in [0, 0.1) is 22.7 Å². The summed E-state index contributed by atoms with van der Waals surface area (Å²) in [5.74, 6) is 1.14. The molecule has 28 heavy (non-hydrogen) atoms. The van der Waals surface area contributed by atoms with Crippen molar-refractivity contribution in [3.05, 3.63) is 36.0 Å². The molecule has 0 radical (unpaired) electrons. The Balaban J connectivity index is 1.60. The monoisotopic (exact) mass is 379 g/mol. The molecule has 0 spiro atoms. The molecule has 0 saturated heterocycles. The Morgan fingerprint density at radius 1 is 1.11 bits per heavy atom. The van der Waals surface area contributed by atoms with Gasteiger partial charge in [0.05, 0.1) is 0 Å². The molecule has 2 saturated carbocycles.